The summed E-state index contributed by atoms with van der Waals surface area (Å²) in [5, 5.41) is 17.2. The second-order valence-electron chi connectivity index (χ2n) is 11.1. The molecule has 0 aliphatic carbocycles. The first-order chi connectivity index (χ1) is 23.5. The van der Waals surface area contributed by atoms with Gasteiger partial charge in [-0.05, 0) is 74.1 Å². The topological polar surface area (TPSA) is 234 Å². The number of sulfonamides is 1. The summed E-state index contributed by atoms with van der Waals surface area (Å²) >= 11 is 0. The van der Waals surface area contributed by atoms with Crippen LogP contribution in [-0.4, -0.2) is 88.2 Å². The van der Waals surface area contributed by atoms with Crippen molar-refractivity contribution < 1.29 is 50.4 Å². The van der Waals surface area contributed by atoms with Crippen molar-refractivity contribution >= 4 is 43.8 Å². The molecule has 2 rings (SSSR count). The summed E-state index contributed by atoms with van der Waals surface area (Å²) in [6.45, 7) is 8.98. The molecule has 0 bridgehead atoms. The highest BCUT2D eigenvalue weighted by molar-refractivity contribution is 7.89. The van der Waals surface area contributed by atoms with Crippen LogP contribution in [0.2, 0.25) is 0 Å². The Bertz CT molecular complexity index is 1620. The number of hydrogen-bond donors (Lipinski definition) is 6. The minimum atomic E-state index is -4.33. The molecule has 0 radical (unpaired) electrons. The highest BCUT2D eigenvalue weighted by Gasteiger charge is 2.28. The number of hydrogen-bond acceptors (Lipinski definition) is 9. The summed E-state index contributed by atoms with van der Waals surface area (Å²) in [6, 6.07) is 8.26. The van der Waals surface area contributed by atoms with E-state index in [1.54, 1.807) is 12.1 Å². The third kappa shape index (κ3) is 16.6. The lowest BCUT2D eigenvalue weighted by atomic mass is 10.1. The van der Waals surface area contributed by atoms with Gasteiger partial charge >= 0.3 is 5.97 Å². The van der Waals surface area contributed by atoms with E-state index in [2.05, 4.69) is 27.6 Å². The molecular formula is C33H50N4O11S2. The lowest BCUT2D eigenvalue weighted by Crippen LogP contribution is -2.48. The second kappa shape index (κ2) is 21.9. The molecule has 1 unspecified atom stereocenters. The molecule has 50 heavy (non-hydrogen) atoms. The van der Waals surface area contributed by atoms with Crippen LogP contribution in [0.25, 0.3) is 0 Å². The Morgan fingerprint density at radius 2 is 1.40 bits per heavy atom. The molecule has 3 amide bonds. The molecule has 0 heterocycles. The van der Waals surface area contributed by atoms with Crippen LogP contribution in [-0.2, 0) is 40.9 Å². The summed E-state index contributed by atoms with van der Waals surface area (Å²) in [4.78, 5) is 47.9. The van der Waals surface area contributed by atoms with Gasteiger partial charge in [0.15, 0.2) is 0 Å². The van der Waals surface area contributed by atoms with E-state index >= 15 is 0 Å². The molecule has 1 atom stereocenters. The fraction of sp³-hybridized carbons (Fsp3) is 0.515. The number of benzene rings is 2. The highest BCUT2D eigenvalue weighted by atomic mass is 32.2. The van der Waals surface area contributed by atoms with Gasteiger partial charge in [-0.25, -0.2) is 8.42 Å². The van der Waals surface area contributed by atoms with Crippen LogP contribution in [0.5, 0.6) is 5.75 Å². The van der Waals surface area contributed by atoms with Crippen molar-refractivity contribution in [3.63, 3.8) is 0 Å². The van der Waals surface area contributed by atoms with Crippen LogP contribution in [0.3, 0.4) is 0 Å². The first kappa shape index (κ1) is 44.0. The molecule has 2 aromatic carbocycles. The average molecular weight is 743 g/mol. The fourth-order valence-electron chi connectivity index (χ4n) is 4.57. The van der Waals surface area contributed by atoms with Gasteiger partial charge < -0.3 is 25.8 Å². The third-order valence-electron chi connectivity index (χ3n) is 6.97. The summed E-state index contributed by atoms with van der Waals surface area (Å²) in [7, 11) is -8.56. The summed E-state index contributed by atoms with van der Waals surface area (Å²) in [5.41, 5.74) is 1.99. The largest absolute Gasteiger partial charge is 0.494 e. The van der Waals surface area contributed by atoms with Crippen molar-refractivity contribution in [1.82, 2.24) is 20.7 Å². The van der Waals surface area contributed by atoms with Gasteiger partial charge in [0.1, 0.15) is 11.8 Å². The summed E-state index contributed by atoms with van der Waals surface area (Å²) in [5.74, 6) is -3.24. The SMILES string of the molecule is CC.CCCCc1ccc(C(=O)NCC(NS(=O)(=O)c2c(C)cc(OCCCC(=O)NCCNC(=O)CCS(=O)(=O)O)cc2C)C(=O)O)cc1. The normalized spacial score (nSPS) is 11.8. The molecule has 2 aromatic rings. The van der Waals surface area contributed by atoms with Crippen molar-refractivity contribution in [3.05, 3.63) is 58.7 Å². The Labute approximate surface area is 294 Å². The van der Waals surface area contributed by atoms with Crippen LogP contribution in [0, 0.1) is 13.8 Å². The number of carbonyl (C=O) groups is 4. The zero-order chi connectivity index (χ0) is 37.9. The van der Waals surface area contributed by atoms with E-state index in [0.29, 0.717) is 28.9 Å². The number of aliphatic carboxylic acids is 1. The number of carbonyl (C=O) groups excluding carboxylic acids is 3. The molecule has 0 aromatic heterocycles. The Morgan fingerprint density at radius 1 is 0.840 bits per heavy atom. The number of nitrogens with one attached hydrogen (secondary N) is 4. The summed E-state index contributed by atoms with van der Waals surface area (Å²) in [6.07, 6.45) is 2.96. The van der Waals surface area contributed by atoms with Crippen LogP contribution in [0.1, 0.15) is 79.9 Å². The van der Waals surface area contributed by atoms with Crippen molar-refractivity contribution in [2.24, 2.45) is 0 Å². The number of unbranched alkanes of at least 4 members (excludes halogenated alkanes) is 1. The van der Waals surface area contributed by atoms with E-state index in [4.69, 9.17) is 9.29 Å². The Hall–Kier alpha value is -4.06. The molecule has 0 aliphatic rings. The van der Waals surface area contributed by atoms with Crippen molar-refractivity contribution in [2.45, 2.75) is 84.1 Å². The van der Waals surface area contributed by atoms with Crippen molar-refractivity contribution in [3.8, 4) is 5.75 Å². The van der Waals surface area contributed by atoms with Crippen molar-refractivity contribution in [1.29, 1.82) is 0 Å². The first-order valence-corrected chi connectivity index (χ1v) is 19.5. The van der Waals surface area contributed by atoms with E-state index in [1.807, 2.05) is 26.0 Å². The smallest absolute Gasteiger partial charge is 0.323 e. The quantitative estimate of drug-likeness (QED) is 0.0803. The molecule has 0 fully saturated rings. The van der Waals surface area contributed by atoms with Gasteiger partial charge in [-0.1, -0.05) is 39.3 Å². The number of ether oxygens (including phenoxy) is 1. The molecule has 0 spiro atoms. The van der Waals surface area contributed by atoms with E-state index < -0.39 is 62.7 Å². The molecule has 17 heteroatoms. The Balaban J connectivity index is 0.00000613. The Kier molecular flexibility index (Phi) is 19.3. The lowest BCUT2D eigenvalue weighted by molar-refractivity contribution is -0.138. The average Bonchev–Trinajstić information content (AvgIpc) is 3.05. The van der Waals surface area contributed by atoms with E-state index in [9.17, 15) is 41.1 Å². The van der Waals surface area contributed by atoms with Gasteiger partial charge in [-0.2, -0.15) is 13.1 Å². The van der Waals surface area contributed by atoms with Crippen LogP contribution >= 0.6 is 0 Å². The summed E-state index contributed by atoms with van der Waals surface area (Å²) < 4.78 is 64.4. The van der Waals surface area contributed by atoms with Gasteiger partial charge in [-0.15, -0.1) is 0 Å². The van der Waals surface area contributed by atoms with Crippen molar-refractivity contribution in [2.75, 3.05) is 32.0 Å². The third-order valence-corrected chi connectivity index (χ3v) is 9.47. The van der Waals surface area contributed by atoms with E-state index in [0.717, 1.165) is 24.8 Å². The lowest BCUT2D eigenvalue weighted by Gasteiger charge is -2.19. The second-order valence-corrected chi connectivity index (χ2v) is 14.3. The molecule has 6 N–H and O–H groups in total. The molecular weight excluding hydrogens is 693 g/mol. The maximum absolute atomic E-state index is 13.3. The predicted octanol–water partition coefficient (Wildman–Crippen LogP) is 2.50. The van der Waals surface area contributed by atoms with Gasteiger partial charge in [0, 0.05) is 38.0 Å². The number of carboxylic acid groups (broad SMARTS) is 1. The van der Waals surface area contributed by atoms with Gasteiger partial charge in [0.05, 0.1) is 17.3 Å². The minimum Gasteiger partial charge on any atom is -0.494 e. The van der Waals surface area contributed by atoms with E-state index in [-0.39, 0.29) is 36.9 Å². The molecule has 0 aliphatic heterocycles. The minimum absolute atomic E-state index is 0.0741. The standard InChI is InChI=1S/C31H44N4O11S2.C2H6/c1-4-5-7-23-9-11-24(12-10-23)30(38)34-20-26(31(39)40)35-48(44,45)29-21(2)18-25(19-22(29)3)46-16-6-8-27(36)32-14-15-33-28(37)13-17-47(41,42)43;1-2/h9-12,18-19,26,35H,4-8,13-17,20H2,1-3H3,(H,32,36)(H,33,37)(H,34,38)(H,39,40)(H,41,42,43);1-2H3. The number of amides is 3. The fourth-order valence-corrected chi connectivity index (χ4v) is 6.65. The highest BCUT2D eigenvalue weighted by Crippen LogP contribution is 2.26. The zero-order valence-corrected chi connectivity index (χ0v) is 30.8. The van der Waals surface area contributed by atoms with Gasteiger partial charge in [0.25, 0.3) is 16.0 Å². The predicted molar refractivity (Wildman–Crippen MR) is 188 cm³/mol. The molecule has 15 nitrogen and oxygen atoms in total. The number of carboxylic acids is 1. The monoisotopic (exact) mass is 742 g/mol. The Morgan fingerprint density at radius 3 is 1.92 bits per heavy atom. The maximum atomic E-state index is 13.3. The van der Waals surface area contributed by atoms with E-state index in [1.165, 1.54) is 26.0 Å². The molecule has 0 saturated carbocycles. The first-order valence-electron chi connectivity index (χ1n) is 16.4. The van der Waals surface area contributed by atoms with Gasteiger partial charge in [0.2, 0.25) is 21.8 Å². The van der Waals surface area contributed by atoms with Crippen LogP contribution in [0.15, 0.2) is 41.3 Å². The number of rotatable bonds is 21. The maximum Gasteiger partial charge on any atom is 0.323 e. The zero-order valence-electron chi connectivity index (χ0n) is 29.2. The van der Waals surface area contributed by atoms with Crippen LogP contribution in [0.4, 0.5) is 0 Å². The molecule has 0 saturated heterocycles. The van der Waals surface area contributed by atoms with Gasteiger partial charge in [-0.3, -0.25) is 23.7 Å². The molecule has 280 valence electrons. The number of aryl methyl sites for hydroxylation is 3. The van der Waals surface area contributed by atoms with Crippen LogP contribution < -0.4 is 25.4 Å².